The highest BCUT2D eigenvalue weighted by atomic mass is 16.6. The quantitative estimate of drug-likeness (QED) is 0.556. The van der Waals surface area contributed by atoms with Crippen molar-refractivity contribution in [1.29, 1.82) is 0 Å². The van der Waals surface area contributed by atoms with Crippen molar-refractivity contribution in [2.24, 2.45) is 5.41 Å². The fourth-order valence-corrected chi connectivity index (χ4v) is 1.06. The number of carboxylic acid groups (broad SMARTS) is 2. The van der Waals surface area contributed by atoms with E-state index in [1.165, 1.54) is 13.8 Å². The van der Waals surface area contributed by atoms with Crippen LogP contribution >= 0.6 is 0 Å². The van der Waals surface area contributed by atoms with E-state index >= 15 is 0 Å². The Morgan fingerprint density at radius 1 is 1.47 bits per heavy atom. The van der Waals surface area contributed by atoms with E-state index in [2.05, 4.69) is 6.58 Å². The molecular weight excluding hydrogens is 228 g/mol. The summed E-state index contributed by atoms with van der Waals surface area (Å²) in [7, 11) is 0. The molecule has 0 radical (unpaired) electrons. The van der Waals surface area contributed by atoms with Gasteiger partial charge in [-0.3, -0.25) is 9.59 Å². The Labute approximate surface area is 98.9 Å². The predicted molar refractivity (Wildman–Crippen MR) is 58.4 cm³/mol. The van der Waals surface area contributed by atoms with Crippen LogP contribution in [0.4, 0.5) is 0 Å². The molecule has 2 N–H and O–H groups in total. The van der Waals surface area contributed by atoms with Crippen LogP contribution in [0.15, 0.2) is 12.2 Å². The number of carbonyl (C=O) groups is 3. The second-order valence-electron chi connectivity index (χ2n) is 4.12. The molecule has 1 saturated heterocycles. The van der Waals surface area contributed by atoms with Crippen molar-refractivity contribution in [3.63, 3.8) is 0 Å². The van der Waals surface area contributed by atoms with Gasteiger partial charge in [-0.2, -0.15) is 0 Å². The lowest BCUT2D eigenvalue weighted by Crippen LogP contribution is -2.33. The van der Waals surface area contributed by atoms with Crippen molar-refractivity contribution in [2.75, 3.05) is 0 Å². The molecule has 2 atom stereocenters. The molecule has 17 heavy (non-hydrogen) atoms. The fraction of sp³-hybridized carbons (Fsp3) is 0.545. The topological polar surface area (TPSA) is 101 Å². The third kappa shape index (κ3) is 3.90. The number of esters is 1. The normalized spacial score (nSPS) is 26.5. The van der Waals surface area contributed by atoms with Crippen LogP contribution in [0.5, 0.6) is 0 Å². The van der Waals surface area contributed by atoms with Crippen LogP contribution in [0, 0.1) is 5.41 Å². The summed E-state index contributed by atoms with van der Waals surface area (Å²) >= 11 is 0. The minimum absolute atomic E-state index is 0.0243. The van der Waals surface area contributed by atoms with Crippen LogP contribution in [0.2, 0.25) is 0 Å². The lowest BCUT2D eigenvalue weighted by atomic mass is 9.84. The number of carbonyl (C=O) groups excluding carboxylic acids is 1. The van der Waals surface area contributed by atoms with E-state index in [0.717, 1.165) is 0 Å². The lowest BCUT2D eigenvalue weighted by Gasteiger charge is -2.19. The maximum absolute atomic E-state index is 10.7. The first-order chi connectivity index (χ1) is 7.61. The largest absolute Gasteiger partial charge is 0.481 e. The zero-order valence-electron chi connectivity index (χ0n) is 10.0. The zero-order valence-corrected chi connectivity index (χ0v) is 10.0. The van der Waals surface area contributed by atoms with Gasteiger partial charge in [0, 0.05) is 5.57 Å². The van der Waals surface area contributed by atoms with Gasteiger partial charge in [0.1, 0.15) is 11.5 Å². The molecule has 1 heterocycles. The van der Waals surface area contributed by atoms with Crippen molar-refractivity contribution in [1.82, 2.24) is 0 Å². The van der Waals surface area contributed by atoms with E-state index in [1.807, 2.05) is 0 Å². The number of rotatable bonds is 2. The SMILES string of the molecule is C=C(C)C(=O)O.CC1OC(=O)CC1(C)C(=O)O. The van der Waals surface area contributed by atoms with Crippen molar-refractivity contribution in [3.8, 4) is 0 Å². The van der Waals surface area contributed by atoms with Gasteiger partial charge in [-0.15, -0.1) is 0 Å². The second-order valence-corrected chi connectivity index (χ2v) is 4.12. The molecule has 0 saturated carbocycles. The van der Waals surface area contributed by atoms with Gasteiger partial charge in [0.05, 0.1) is 6.42 Å². The summed E-state index contributed by atoms with van der Waals surface area (Å²) in [6, 6.07) is 0. The van der Waals surface area contributed by atoms with Crippen LogP contribution in [0.3, 0.4) is 0 Å². The number of aliphatic carboxylic acids is 2. The highest BCUT2D eigenvalue weighted by Crippen LogP contribution is 2.35. The van der Waals surface area contributed by atoms with Gasteiger partial charge >= 0.3 is 17.9 Å². The Balaban J connectivity index is 0.000000366. The van der Waals surface area contributed by atoms with Gasteiger partial charge in [0.25, 0.3) is 0 Å². The van der Waals surface area contributed by atoms with E-state index in [1.54, 1.807) is 6.92 Å². The van der Waals surface area contributed by atoms with E-state index in [9.17, 15) is 14.4 Å². The molecular formula is C11H16O6. The van der Waals surface area contributed by atoms with Crippen molar-refractivity contribution in [3.05, 3.63) is 12.2 Å². The molecule has 0 aliphatic carbocycles. The summed E-state index contributed by atoms with van der Waals surface area (Å²) in [5, 5.41) is 16.6. The summed E-state index contributed by atoms with van der Waals surface area (Å²) in [5.41, 5.74) is -0.855. The summed E-state index contributed by atoms with van der Waals surface area (Å²) in [4.78, 5) is 30.9. The van der Waals surface area contributed by atoms with Crippen molar-refractivity contribution in [2.45, 2.75) is 33.3 Å². The molecule has 96 valence electrons. The number of cyclic esters (lactones) is 1. The van der Waals surface area contributed by atoms with Crippen molar-refractivity contribution < 1.29 is 29.3 Å². The van der Waals surface area contributed by atoms with Crippen LogP contribution in [-0.4, -0.2) is 34.2 Å². The number of carboxylic acids is 2. The first-order valence-electron chi connectivity index (χ1n) is 4.93. The summed E-state index contributed by atoms with van der Waals surface area (Å²) in [6.07, 6.45) is -0.545. The van der Waals surface area contributed by atoms with Gasteiger partial charge < -0.3 is 14.9 Å². The first-order valence-corrected chi connectivity index (χ1v) is 4.93. The minimum atomic E-state index is -1.03. The molecule has 0 spiro atoms. The number of hydrogen-bond donors (Lipinski definition) is 2. The number of hydrogen-bond acceptors (Lipinski definition) is 4. The molecule has 6 nitrogen and oxygen atoms in total. The molecule has 1 aliphatic heterocycles. The predicted octanol–water partition coefficient (Wildman–Crippen LogP) is 1.06. The van der Waals surface area contributed by atoms with Gasteiger partial charge in [-0.05, 0) is 20.8 Å². The molecule has 1 aliphatic rings. The van der Waals surface area contributed by atoms with Gasteiger partial charge in [-0.1, -0.05) is 6.58 Å². The van der Waals surface area contributed by atoms with E-state index in [4.69, 9.17) is 14.9 Å². The zero-order chi connectivity index (χ0) is 13.8. The highest BCUT2D eigenvalue weighted by molar-refractivity contribution is 5.85. The van der Waals surface area contributed by atoms with Gasteiger partial charge in [0.2, 0.25) is 0 Å². The Morgan fingerprint density at radius 3 is 2.00 bits per heavy atom. The molecule has 1 fully saturated rings. The minimum Gasteiger partial charge on any atom is -0.481 e. The third-order valence-electron chi connectivity index (χ3n) is 2.57. The van der Waals surface area contributed by atoms with Gasteiger partial charge in [-0.25, -0.2) is 4.79 Å². The highest BCUT2D eigenvalue weighted by Gasteiger charge is 2.48. The molecule has 1 rings (SSSR count). The monoisotopic (exact) mass is 244 g/mol. The fourth-order valence-electron chi connectivity index (χ4n) is 1.06. The van der Waals surface area contributed by atoms with E-state index < -0.39 is 29.4 Å². The van der Waals surface area contributed by atoms with E-state index in [-0.39, 0.29) is 12.0 Å². The average Bonchev–Trinajstić information content (AvgIpc) is 2.42. The molecule has 0 bridgehead atoms. The second kappa shape index (κ2) is 5.47. The molecule has 0 amide bonds. The van der Waals surface area contributed by atoms with Crippen LogP contribution < -0.4 is 0 Å². The summed E-state index contributed by atoms with van der Waals surface area (Å²) in [5.74, 6) is -2.34. The van der Waals surface area contributed by atoms with Gasteiger partial charge in [0.15, 0.2) is 0 Å². The lowest BCUT2D eigenvalue weighted by molar-refractivity contribution is -0.150. The molecule has 0 aromatic heterocycles. The average molecular weight is 244 g/mol. The first kappa shape index (κ1) is 15.2. The molecule has 0 aromatic rings. The van der Waals surface area contributed by atoms with Crippen LogP contribution in [-0.2, 0) is 19.1 Å². The smallest absolute Gasteiger partial charge is 0.330 e. The third-order valence-corrected chi connectivity index (χ3v) is 2.57. The van der Waals surface area contributed by atoms with E-state index in [0.29, 0.717) is 0 Å². The maximum atomic E-state index is 10.7. The Kier molecular flexibility index (Phi) is 4.87. The van der Waals surface area contributed by atoms with Crippen molar-refractivity contribution >= 4 is 17.9 Å². The standard InChI is InChI=1S/C7H10O4.C4H6O2/c1-4-7(2,6(9)10)3-5(8)11-4;1-3(2)4(5)6/h4H,3H2,1-2H3,(H,9,10);1H2,2H3,(H,5,6). The Bertz CT molecular complexity index is 347. The molecule has 6 heteroatoms. The summed E-state index contributed by atoms with van der Waals surface area (Å²) in [6.45, 7) is 7.72. The summed E-state index contributed by atoms with van der Waals surface area (Å²) < 4.78 is 4.72. The molecule has 2 unspecified atom stereocenters. The van der Waals surface area contributed by atoms with Crippen LogP contribution in [0.25, 0.3) is 0 Å². The number of ether oxygens (including phenoxy) is 1. The van der Waals surface area contributed by atoms with Crippen LogP contribution in [0.1, 0.15) is 27.2 Å². The Morgan fingerprint density at radius 2 is 1.88 bits per heavy atom. The molecule has 0 aromatic carbocycles. The Hall–Kier alpha value is -1.85. The maximum Gasteiger partial charge on any atom is 0.330 e.